The summed E-state index contributed by atoms with van der Waals surface area (Å²) in [5, 5.41) is 8.71. The van der Waals surface area contributed by atoms with Crippen molar-refractivity contribution in [3.63, 3.8) is 0 Å². The summed E-state index contributed by atoms with van der Waals surface area (Å²) in [5.74, 6) is 0. The normalized spacial score (nSPS) is 8.40. The Kier molecular flexibility index (Phi) is 1.67. The van der Waals surface area contributed by atoms with Gasteiger partial charge in [-0.25, -0.2) is 5.10 Å². The fourth-order valence-electron chi connectivity index (χ4n) is 0.472. The van der Waals surface area contributed by atoms with E-state index >= 15 is 0 Å². The Balaban J connectivity index is 3.19. The number of nitrogens with one attached hydrogen (secondary N) is 1. The number of aromatic nitrogens is 2. The van der Waals surface area contributed by atoms with Crippen LogP contribution in [0.15, 0.2) is 22.2 Å². The van der Waals surface area contributed by atoms with Gasteiger partial charge in [-0.3, -0.25) is 4.79 Å². The van der Waals surface area contributed by atoms with E-state index in [4.69, 9.17) is 5.53 Å². The molecule has 0 fully saturated rings. The standard InChI is InChI=1S/C4H3N5O/c5-9-7-3-1-4(10)8-6-2-3/h1-2H,(H,8,10). The van der Waals surface area contributed by atoms with E-state index in [9.17, 15) is 4.79 Å². The molecule has 1 aromatic rings. The molecule has 6 nitrogen and oxygen atoms in total. The molecule has 0 radical (unpaired) electrons. The maximum Gasteiger partial charge on any atom is 0.264 e. The summed E-state index contributed by atoms with van der Waals surface area (Å²) >= 11 is 0. The molecule has 1 aromatic heterocycles. The lowest BCUT2D eigenvalue weighted by atomic mass is 10.5. The van der Waals surface area contributed by atoms with Gasteiger partial charge in [0.15, 0.2) is 0 Å². The van der Waals surface area contributed by atoms with E-state index in [1.54, 1.807) is 0 Å². The van der Waals surface area contributed by atoms with Crippen molar-refractivity contribution in [2.45, 2.75) is 0 Å². The monoisotopic (exact) mass is 137 g/mol. The maximum atomic E-state index is 10.5. The highest BCUT2D eigenvalue weighted by atomic mass is 16.1. The van der Waals surface area contributed by atoms with E-state index in [1.165, 1.54) is 6.20 Å². The number of H-pyrrole nitrogens is 1. The molecule has 1 N–H and O–H groups in total. The lowest BCUT2D eigenvalue weighted by Crippen LogP contribution is -2.03. The number of hydrogen-bond donors (Lipinski definition) is 1. The lowest BCUT2D eigenvalue weighted by Gasteiger charge is -1.83. The van der Waals surface area contributed by atoms with Crippen LogP contribution >= 0.6 is 0 Å². The van der Waals surface area contributed by atoms with Crippen LogP contribution in [0, 0.1) is 0 Å². The van der Waals surface area contributed by atoms with Crippen molar-refractivity contribution in [2.24, 2.45) is 5.11 Å². The van der Waals surface area contributed by atoms with Crippen molar-refractivity contribution < 1.29 is 0 Å². The number of rotatable bonds is 1. The fourth-order valence-corrected chi connectivity index (χ4v) is 0.472. The molecule has 50 valence electrons. The summed E-state index contributed by atoms with van der Waals surface area (Å²) in [6, 6.07) is 1.16. The van der Waals surface area contributed by atoms with Gasteiger partial charge in [0.05, 0.1) is 11.9 Å². The minimum absolute atomic E-state index is 0.214. The highest BCUT2D eigenvalue weighted by Gasteiger charge is 1.86. The van der Waals surface area contributed by atoms with Gasteiger partial charge in [-0.2, -0.15) is 5.10 Å². The minimum Gasteiger partial charge on any atom is -0.268 e. The third-order valence-corrected chi connectivity index (χ3v) is 0.811. The first-order chi connectivity index (χ1) is 4.83. The van der Waals surface area contributed by atoms with E-state index in [0.717, 1.165) is 6.07 Å². The summed E-state index contributed by atoms with van der Waals surface area (Å²) in [6.45, 7) is 0. The first-order valence-electron chi connectivity index (χ1n) is 2.43. The van der Waals surface area contributed by atoms with Crippen molar-refractivity contribution in [1.82, 2.24) is 10.2 Å². The Labute approximate surface area is 55.1 Å². The Hall–Kier alpha value is -1.81. The Bertz CT molecular complexity index is 322. The number of nitrogens with zero attached hydrogens (tertiary/aromatic N) is 4. The average molecular weight is 137 g/mol. The van der Waals surface area contributed by atoms with E-state index in [1.807, 2.05) is 0 Å². The van der Waals surface area contributed by atoms with Crippen LogP contribution in [-0.2, 0) is 0 Å². The van der Waals surface area contributed by atoms with Gasteiger partial charge in [0, 0.05) is 11.0 Å². The number of hydrogen-bond acceptors (Lipinski definition) is 3. The molecule has 0 bridgehead atoms. The fraction of sp³-hybridized carbons (Fsp3) is 0. The SMILES string of the molecule is [N-]=[N+]=Nc1cn[nH]c(=O)c1. The second kappa shape index (κ2) is 2.65. The van der Waals surface area contributed by atoms with E-state index in [-0.39, 0.29) is 11.2 Å². The van der Waals surface area contributed by atoms with Crippen molar-refractivity contribution in [3.8, 4) is 0 Å². The van der Waals surface area contributed by atoms with Crippen molar-refractivity contribution in [1.29, 1.82) is 0 Å². The molecule has 0 unspecified atom stereocenters. The first-order valence-corrected chi connectivity index (χ1v) is 2.43. The minimum atomic E-state index is -0.384. The predicted molar refractivity (Wildman–Crippen MR) is 33.7 cm³/mol. The predicted octanol–water partition coefficient (Wildman–Crippen LogP) is 0.712. The summed E-state index contributed by atoms with van der Waals surface area (Å²) in [6.07, 6.45) is 1.26. The first kappa shape index (κ1) is 6.31. The third kappa shape index (κ3) is 1.33. The molecule has 1 rings (SSSR count). The van der Waals surface area contributed by atoms with Crippen LogP contribution in [0.4, 0.5) is 5.69 Å². The second-order valence-electron chi connectivity index (χ2n) is 1.49. The zero-order valence-electron chi connectivity index (χ0n) is 4.85. The molecule has 0 aliphatic rings. The largest absolute Gasteiger partial charge is 0.268 e. The Morgan fingerprint density at radius 2 is 2.60 bits per heavy atom. The van der Waals surface area contributed by atoms with Crippen LogP contribution in [0.1, 0.15) is 0 Å². The van der Waals surface area contributed by atoms with Gasteiger partial charge in [0.25, 0.3) is 5.56 Å². The maximum absolute atomic E-state index is 10.5. The quantitative estimate of drug-likeness (QED) is 0.350. The molecule has 10 heavy (non-hydrogen) atoms. The highest BCUT2D eigenvalue weighted by molar-refractivity contribution is 5.30. The van der Waals surface area contributed by atoms with Crippen molar-refractivity contribution in [3.05, 3.63) is 33.1 Å². The molecule has 0 atom stereocenters. The van der Waals surface area contributed by atoms with Crippen molar-refractivity contribution >= 4 is 5.69 Å². The van der Waals surface area contributed by atoms with Gasteiger partial charge in [-0.15, -0.1) is 0 Å². The van der Waals surface area contributed by atoms with Crippen LogP contribution in [0.3, 0.4) is 0 Å². The van der Waals surface area contributed by atoms with Crippen LogP contribution in [0.5, 0.6) is 0 Å². The molecule has 0 aliphatic heterocycles. The summed E-state index contributed by atoms with van der Waals surface area (Å²) in [4.78, 5) is 12.9. The number of azide groups is 1. The molecule has 1 heterocycles. The van der Waals surface area contributed by atoms with Gasteiger partial charge in [-0.1, -0.05) is 5.11 Å². The summed E-state index contributed by atoms with van der Waals surface area (Å²) in [5.41, 5.74) is 7.76. The smallest absolute Gasteiger partial charge is 0.264 e. The molecule has 0 aromatic carbocycles. The molecular formula is C4H3N5O. The van der Waals surface area contributed by atoms with Gasteiger partial charge >= 0.3 is 0 Å². The van der Waals surface area contributed by atoms with Crippen LogP contribution in [-0.4, -0.2) is 10.2 Å². The second-order valence-corrected chi connectivity index (χ2v) is 1.49. The molecular weight excluding hydrogens is 134 g/mol. The van der Waals surface area contributed by atoms with Gasteiger partial charge in [0.2, 0.25) is 0 Å². The highest BCUT2D eigenvalue weighted by Crippen LogP contribution is 2.02. The van der Waals surface area contributed by atoms with Crippen molar-refractivity contribution in [2.75, 3.05) is 0 Å². The van der Waals surface area contributed by atoms with Crippen LogP contribution in [0.25, 0.3) is 10.4 Å². The number of aromatic amines is 1. The average Bonchev–Trinajstić information content (AvgIpc) is 1.88. The van der Waals surface area contributed by atoms with Gasteiger partial charge < -0.3 is 0 Å². The van der Waals surface area contributed by atoms with E-state index < -0.39 is 0 Å². The molecule has 6 heteroatoms. The Morgan fingerprint density at radius 3 is 3.20 bits per heavy atom. The van der Waals surface area contributed by atoms with Gasteiger partial charge in [-0.05, 0) is 5.53 Å². The third-order valence-electron chi connectivity index (χ3n) is 0.811. The molecule has 0 saturated carbocycles. The molecule has 0 aliphatic carbocycles. The van der Waals surface area contributed by atoms with E-state index in [2.05, 4.69) is 20.2 Å². The molecule has 0 saturated heterocycles. The lowest BCUT2D eigenvalue weighted by molar-refractivity contribution is 0.986. The molecule has 0 amide bonds. The zero-order valence-corrected chi connectivity index (χ0v) is 4.85. The Morgan fingerprint density at radius 1 is 1.80 bits per heavy atom. The van der Waals surface area contributed by atoms with E-state index in [0.29, 0.717) is 0 Å². The van der Waals surface area contributed by atoms with Gasteiger partial charge in [0.1, 0.15) is 0 Å². The summed E-state index contributed by atoms with van der Waals surface area (Å²) in [7, 11) is 0. The van der Waals surface area contributed by atoms with Crippen LogP contribution in [0.2, 0.25) is 0 Å². The molecule has 0 spiro atoms. The summed E-state index contributed by atoms with van der Waals surface area (Å²) < 4.78 is 0. The van der Waals surface area contributed by atoms with Crippen LogP contribution < -0.4 is 5.56 Å². The zero-order chi connectivity index (χ0) is 7.40. The topological polar surface area (TPSA) is 94.5 Å².